The van der Waals surface area contributed by atoms with E-state index in [9.17, 15) is 22.8 Å². The molecule has 27 heavy (non-hydrogen) atoms. The van der Waals surface area contributed by atoms with Gasteiger partial charge in [-0.05, 0) is 42.0 Å². The van der Waals surface area contributed by atoms with E-state index in [4.69, 9.17) is 0 Å². The molecule has 3 N–H and O–H groups in total. The van der Waals surface area contributed by atoms with Crippen LogP contribution in [0.25, 0.3) is 0 Å². The first-order valence-electron chi connectivity index (χ1n) is 8.02. The Labute approximate surface area is 152 Å². The van der Waals surface area contributed by atoms with Crippen molar-refractivity contribution >= 4 is 17.6 Å². The van der Waals surface area contributed by atoms with Gasteiger partial charge < -0.3 is 20.7 Å². The summed E-state index contributed by atoms with van der Waals surface area (Å²) in [6.07, 6.45) is 0. The Bertz CT molecular complexity index is 851. The first-order valence-corrected chi connectivity index (χ1v) is 8.02. The van der Waals surface area contributed by atoms with Crippen molar-refractivity contribution in [3.05, 3.63) is 59.4 Å². The van der Waals surface area contributed by atoms with Gasteiger partial charge in [-0.1, -0.05) is 0 Å². The monoisotopic (exact) mass is 379 g/mol. The van der Waals surface area contributed by atoms with E-state index in [1.54, 1.807) is 0 Å². The summed E-state index contributed by atoms with van der Waals surface area (Å²) in [4.78, 5) is 24.2. The topological polar surface area (TPSA) is 79.5 Å². The summed E-state index contributed by atoms with van der Waals surface area (Å²) in [7, 11) is 1.14. The fraction of sp³-hybridized carbons (Fsp3) is 0.222. The Hall–Kier alpha value is -3.23. The number of anilines is 1. The molecular weight excluding hydrogens is 363 g/mol. The lowest BCUT2D eigenvalue weighted by atomic mass is 9.93. The van der Waals surface area contributed by atoms with Crippen LogP contribution in [0.4, 0.5) is 23.7 Å². The van der Waals surface area contributed by atoms with E-state index in [0.717, 1.165) is 19.2 Å². The van der Waals surface area contributed by atoms with E-state index < -0.39 is 47.1 Å². The number of amides is 3. The molecule has 0 spiro atoms. The zero-order valence-electron chi connectivity index (χ0n) is 14.2. The summed E-state index contributed by atoms with van der Waals surface area (Å²) in [5.41, 5.74) is 0.529. The average molecular weight is 379 g/mol. The molecule has 0 unspecified atom stereocenters. The number of halogens is 3. The zero-order valence-corrected chi connectivity index (χ0v) is 14.2. The molecule has 0 aromatic heterocycles. The van der Waals surface area contributed by atoms with E-state index in [1.165, 1.54) is 24.3 Å². The van der Waals surface area contributed by atoms with Gasteiger partial charge in [-0.15, -0.1) is 0 Å². The van der Waals surface area contributed by atoms with Crippen LogP contribution in [-0.2, 0) is 4.79 Å². The van der Waals surface area contributed by atoms with Crippen molar-refractivity contribution in [3.8, 4) is 5.75 Å². The average Bonchev–Trinajstić information content (AvgIpc) is 2.97. The second kappa shape index (κ2) is 7.56. The Morgan fingerprint density at radius 3 is 2.37 bits per heavy atom. The van der Waals surface area contributed by atoms with Gasteiger partial charge in [0.2, 0.25) is 5.91 Å². The van der Waals surface area contributed by atoms with E-state index in [-0.39, 0.29) is 12.1 Å². The molecule has 1 fully saturated rings. The number of carbonyl (C=O) groups excluding carboxylic acids is 2. The maximum atomic E-state index is 14.0. The zero-order chi connectivity index (χ0) is 19.6. The molecule has 9 heteroatoms. The number of methoxy groups -OCH3 is 1. The van der Waals surface area contributed by atoms with Gasteiger partial charge in [-0.3, -0.25) is 4.79 Å². The highest BCUT2D eigenvalue weighted by Gasteiger charge is 2.37. The molecule has 2 aromatic carbocycles. The van der Waals surface area contributed by atoms with Crippen molar-refractivity contribution in [2.75, 3.05) is 19.0 Å². The number of nitrogens with one attached hydrogen (secondary N) is 3. The smallest absolute Gasteiger partial charge is 0.319 e. The maximum Gasteiger partial charge on any atom is 0.319 e. The van der Waals surface area contributed by atoms with Gasteiger partial charge in [0.05, 0.1) is 7.11 Å². The standard InChI is InChI=1S/C18H16F3N3O3/c1-27-16-13(20)6-9(7-14(16)21)12-8-22-17(25)15(12)24-18(26)23-11-4-2-10(19)3-5-11/h2-7,12,15H,8H2,1H3,(H,22,25)(H2,23,24,26)/t12-,15-/m0/s1. The molecule has 0 radical (unpaired) electrons. The van der Waals surface area contributed by atoms with Gasteiger partial charge in [0.1, 0.15) is 11.9 Å². The van der Waals surface area contributed by atoms with Crippen LogP contribution in [0.3, 0.4) is 0 Å². The van der Waals surface area contributed by atoms with Crippen molar-refractivity contribution in [3.63, 3.8) is 0 Å². The van der Waals surface area contributed by atoms with Crippen molar-refractivity contribution in [2.24, 2.45) is 0 Å². The van der Waals surface area contributed by atoms with E-state index >= 15 is 0 Å². The fourth-order valence-corrected chi connectivity index (χ4v) is 2.93. The molecule has 0 bridgehead atoms. The number of rotatable bonds is 4. The summed E-state index contributed by atoms with van der Waals surface area (Å²) < 4.78 is 45.5. The molecule has 1 aliphatic rings. The Kier molecular flexibility index (Phi) is 5.20. The normalized spacial score (nSPS) is 18.7. The van der Waals surface area contributed by atoms with Crippen LogP contribution in [0.2, 0.25) is 0 Å². The van der Waals surface area contributed by atoms with Crippen molar-refractivity contribution in [2.45, 2.75) is 12.0 Å². The number of hydrogen-bond acceptors (Lipinski definition) is 3. The van der Waals surface area contributed by atoms with Crippen LogP contribution in [0, 0.1) is 17.5 Å². The van der Waals surface area contributed by atoms with Crippen molar-refractivity contribution in [1.82, 2.24) is 10.6 Å². The minimum atomic E-state index is -1.03. The van der Waals surface area contributed by atoms with Gasteiger partial charge in [0.25, 0.3) is 0 Å². The second-order valence-corrected chi connectivity index (χ2v) is 5.95. The quantitative estimate of drug-likeness (QED) is 0.764. The number of carbonyl (C=O) groups is 2. The first-order chi connectivity index (χ1) is 12.9. The molecule has 1 aliphatic heterocycles. The Morgan fingerprint density at radius 1 is 1.15 bits per heavy atom. The van der Waals surface area contributed by atoms with Gasteiger partial charge >= 0.3 is 6.03 Å². The number of benzene rings is 2. The number of ether oxygens (including phenoxy) is 1. The van der Waals surface area contributed by atoms with E-state index in [0.29, 0.717) is 5.69 Å². The van der Waals surface area contributed by atoms with Crippen LogP contribution in [0.5, 0.6) is 5.75 Å². The second-order valence-electron chi connectivity index (χ2n) is 5.95. The van der Waals surface area contributed by atoms with Gasteiger partial charge in [-0.2, -0.15) is 0 Å². The van der Waals surface area contributed by atoms with Crippen LogP contribution in [-0.4, -0.2) is 31.6 Å². The van der Waals surface area contributed by atoms with Crippen LogP contribution < -0.4 is 20.7 Å². The highest BCUT2D eigenvalue weighted by Crippen LogP contribution is 2.30. The minimum absolute atomic E-state index is 0.103. The summed E-state index contributed by atoms with van der Waals surface area (Å²) in [6, 6.07) is 5.46. The molecule has 1 heterocycles. The maximum absolute atomic E-state index is 14.0. The van der Waals surface area contributed by atoms with Crippen LogP contribution in [0.15, 0.2) is 36.4 Å². The number of urea groups is 1. The molecule has 0 aliphatic carbocycles. The first kappa shape index (κ1) is 18.6. The van der Waals surface area contributed by atoms with Crippen molar-refractivity contribution < 1.29 is 27.5 Å². The summed E-state index contributed by atoms with van der Waals surface area (Å²) in [5.74, 6) is -3.94. The molecule has 2 atom stereocenters. The lowest BCUT2D eigenvalue weighted by Crippen LogP contribution is -2.44. The Morgan fingerprint density at radius 2 is 1.78 bits per heavy atom. The molecule has 2 aromatic rings. The summed E-state index contributed by atoms with van der Waals surface area (Å²) in [5, 5.41) is 7.50. The highest BCUT2D eigenvalue weighted by atomic mass is 19.1. The van der Waals surface area contributed by atoms with Crippen molar-refractivity contribution in [1.29, 1.82) is 0 Å². The lowest BCUT2D eigenvalue weighted by molar-refractivity contribution is -0.120. The molecule has 3 amide bonds. The molecular formula is C18H16F3N3O3. The third-order valence-electron chi connectivity index (χ3n) is 4.22. The van der Waals surface area contributed by atoms with Gasteiger partial charge in [0.15, 0.2) is 17.4 Å². The van der Waals surface area contributed by atoms with Crippen LogP contribution in [0.1, 0.15) is 11.5 Å². The molecule has 0 saturated carbocycles. The third kappa shape index (κ3) is 3.97. The predicted octanol–water partition coefficient (Wildman–Crippen LogP) is 2.52. The van der Waals surface area contributed by atoms with Gasteiger partial charge in [0, 0.05) is 18.2 Å². The molecule has 142 valence electrons. The predicted molar refractivity (Wildman–Crippen MR) is 91.0 cm³/mol. The third-order valence-corrected chi connectivity index (χ3v) is 4.22. The molecule has 6 nitrogen and oxygen atoms in total. The summed E-state index contributed by atoms with van der Waals surface area (Å²) >= 11 is 0. The Balaban J connectivity index is 1.76. The highest BCUT2D eigenvalue weighted by molar-refractivity contribution is 5.95. The molecule has 1 saturated heterocycles. The summed E-state index contributed by atoms with van der Waals surface area (Å²) in [6.45, 7) is 0.103. The number of hydrogen-bond donors (Lipinski definition) is 3. The van der Waals surface area contributed by atoms with E-state index in [1.807, 2.05) is 0 Å². The van der Waals surface area contributed by atoms with Gasteiger partial charge in [-0.25, -0.2) is 18.0 Å². The fourth-order valence-electron chi connectivity index (χ4n) is 2.93. The largest absolute Gasteiger partial charge is 0.491 e. The lowest BCUT2D eigenvalue weighted by Gasteiger charge is -2.19. The SMILES string of the molecule is COc1c(F)cc([C@@H]2CNC(=O)[C@H]2NC(=O)Nc2ccc(F)cc2)cc1F. The van der Waals surface area contributed by atoms with Crippen LogP contribution >= 0.6 is 0 Å². The molecule has 3 rings (SSSR count). The van der Waals surface area contributed by atoms with E-state index in [2.05, 4.69) is 20.7 Å². The minimum Gasteiger partial charge on any atom is -0.491 e.